The van der Waals surface area contributed by atoms with Crippen molar-refractivity contribution in [2.24, 2.45) is 5.92 Å². The van der Waals surface area contributed by atoms with Crippen LogP contribution in [0.25, 0.3) is 0 Å². The lowest BCUT2D eigenvalue weighted by Gasteiger charge is -2.30. The maximum absolute atomic E-state index is 12.9. The van der Waals surface area contributed by atoms with Gasteiger partial charge in [0.05, 0.1) is 15.7 Å². The van der Waals surface area contributed by atoms with E-state index < -0.39 is 0 Å². The Morgan fingerprint density at radius 1 is 1.21 bits per heavy atom. The van der Waals surface area contributed by atoms with Crippen LogP contribution in [0.5, 0.6) is 5.75 Å². The summed E-state index contributed by atoms with van der Waals surface area (Å²) in [6.45, 7) is 3.52. The normalized spacial score (nSPS) is 14.6. The summed E-state index contributed by atoms with van der Waals surface area (Å²) in [5.41, 5.74) is 0.993. The molecule has 2 aromatic rings. The molecule has 1 aliphatic heterocycles. The molecule has 0 aliphatic carbocycles. The van der Waals surface area contributed by atoms with Crippen LogP contribution >= 0.6 is 27.5 Å². The number of carbonyl (C=O) groups is 2. The lowest BCUT2D eigenvalue weighted by atomic mass is 9.98. The first-order valence-electron chi connectivity index (χ1n) is 9.20. The van der Waals surface area contributed by atoms with E-state index in [1.54, 1.807) is 42.5 Å². The Morgan fingerprint density at radius 2 is 1.93 bits per heavy atom. The fourth-order valence-corrected chi connectivity index (χ4v) is 3.88. The highest BCUT2D eigenvalue weighted by Crippen LogP contribution is 2.28. The van der Waals surface area contributed by atoms with E-state index in [1.807, 2.05) is 4.90 Å². The molecule has 0 spiro atoms. The Bertz CT molecular complexity index is 866. The number of hydrogen-bond acceptors (Lipinski definition) is 3. The van der Waals surface area contributed by atoms with Crippen molar-refractivity contribution in [2.45, 2.75) is 19.8 Å². The number of likely N-dealkylation sites (tertiary alicyclic amines) is 1. The maximum Gasteiger partial charge on any atom is 0.262 e. The molecule has 0 aromatic heterocycles. The molecule has 148 valence electrons. The first kappa shape index (κ1) is 20.7. The molecule has 1 aliphatic rings. The fraction of sp³-hybridized carbons (Fsp3) is 0.333. The number of nitrogens with one attached hydrogen (secondary N) is 1. The molecular formula is C21H22BrClN2O3. The highest BCUT2D eigenvalue weighted by Gasteiger charge is 2.23. The lowest BCUT2D eigenvalue weighted by molar-refractivity contribution is -0.118. The number of amides is 2. The van der Waals surface area contributed by atoms with Crippen LogP contribution in [0.2, 0.25) is 5.02 Å². The predicted molar refractivity (Wildman–Crippen MR) is 114 cm³/mol. The molecule has 1 heterocycles. The van der Waals surface area contributed by atoms with E-state index in [1.165, 1.54) is 0 Å². The van der Waals surface area contributed by atoms with Crippen molar-refractivity contribution in [1.82, 2.24) is 4.90 Å². The van der Waals surface area contributed by atoms with Gasteiger partial charge in [0.15, 0.2) is 6.61 Å². The number of halogens is 2. The van der Waals surface area contributed by atoms with E-state index in [4.69, 9.17) is 16.3 Å². The number of rotatable bonds is 5. The van der Waals surface area contributed by atoms with Crippen molar-refractivity contribution in [2.75, 3.05) is 25.0 Å². The van der Waals surface area contributed by atoms with Crippen LogP contribution in [-0.4, -0.2) is 36.4 Å². The van der Waals surface area contributed by atoms with Gasteiger partial charge in [0, 0.05) is 18.1 Å². The highest BCUT2D eigenvalue weighted by atomic mass is 79.9. The molecule has 1 saturated heterocycles. The second-order valence-corrected chi connectivity index (χ2v) is 8.22. The van der Waals surface area contributed by atoms with Crippen LogP contribution < -0.4 is 10.1 Å². The van der Waals surface area contributed by atoms with E-state index in [2.05, 4.69) is 28.2 Å². The van der Waals surface area contributed by atoms with Gasteiger partial charge < -0.3 is 15.0 Å². The zero-order valence-electron chi connectivity index (χ0n) is 15.6. The van der Waals surface area contributed by atoms with Crippen molar-refractivity contribution in [3.05, 3.63) is 57.5 Å². The minimum Gasteiger partial charge on any atom is -0.483 e. The SMILES string of the molecule is CC1CCN(C(=O)c2ccccc2NC(=O)COc2ccc(Cl)cc2Br)CC1. The molecule has 2 amide bonds. The first-order chi connectivity index (χ1) is 13.4. The molecule has 0 bridgehead atoms. The van der Waals surface area contributed by atoms with Gasteiger partial charge in [-0.05, 0) is 65.0 Å². The number of carbonyl (C=O) groups excluding carboxylic acids is 2. The molecule has 0 atom stereocenters. The van der Waals surface area contributed by atoms with Crippen molar-refractivity contribution in [3.63, 3.8) is 0 Å². The molecule has 1 fully saturated rings. The van der Waals surface area contributed by atoms with Crippen molar-refractivity contribution < 1.29 is 14.3 Å². The van der Waals surface area contributed by atoms with Gasteiger partial charge in [0.1, 0.15) is 5.75 Å². The Kier molecular flexibility index (Phi) is 6.97. The topological polar surface area (TPSA) is 58.6 Å². The molecule has 28 heavy (non-hydrogen) atoms. The summed E-state index contributed by atoms with van der Waals surface area (Å²) in [4.78, 5) is 27.1. The highest BCUT2D eigenvalue weighted by molar-refractivity contribution is 9.10. The zero-order valence-corrected chi connectivity index (χ0v) is 17.9. The fourth-order valence-electron chi connectivity index (χ4n) is 3.08. The van der Waals surface area contributed by atoms with Gasteiger partial charge in [-0.1, -0.05) is 30.7 Å². The van der Waals surface area contributed by atoms with Crippen molar-refractivity contribution in [3.8, 4) is 5.75 Å². The van der Waals surface area contributed by atoms with E-state index in [0.717, 1.165) is 25.9 Å². The van der Waals surface area contributed by atoms with Crippen LogP contribution in [0.1, 0.15) is 30.1 Å². The second kappa shape index (κ2) is 9.43. The van der Waals surface area contributed by atoms with Gasteiger partial charge in [-0.2, -0.15) is 0 Å². The molecule has 1 N–H and O–H groups in total. The van der Waals surface area contributed by atoms with Crippen LogP contribution in [0.15, 0.2) is 46.9 Å². The number of ether oxygens (including phenoxy) is 1. The van der Waals surface area contributed by atoms with E-state index >= 15 is 0 Å². The van der Waals surface area contributed by atoms with Crippen LogP contribution in [0, 0.1) is 5.92 Å². The lowest BCUT2D eigenvalue weighted by Crippen LogP contribution is -2.38. The van der Waals surface area contributed by atoms with Gasteiger partial charge in [0.25, 0.3) is 11.8 Å². The molecule has 0 radical (unpaired) electrons. The minimum absolute atomic E-state index is 0.0517. The third kappa shape index (κ3) is 5.26. The first-order valence-corrected chi connectivity index (χ1v) is 10.4. The Labute approximate surface area is 178 Å². The van der Waals surface area contributed by atoms with Crippen molar-refractivity contribution in [1.29, 1.82) is 0 Å². The van der Waals surface area contributed by atoms with Crippen LogP contribution in [0.3, 0.4) is 0 Å². The average Bonchev–Trinajstić information content (AvgIpc) is 2.68. The average molecular weight is 466 g/mol. The van der Waals surface area contributed by atoms with Gasteiger partial charge in [-0.25, -0.2) is 0 Å². The Balaban J connectivity index is 1.64. The third-order valence-electron chi connectivity index (χ3n) is 4.76. The number of para-hydroxylation sites is 1. The quantitative estimate of drug-likeness (QED) is 0.676. The van der Waals surface area contributed by atoms with Crippen LogP contribution in [-0.2, 0) is 4.79 Å². The Morgan fingerprint density at radius 3 is 2.64 bits per heavy atom. The van der Waals surface area contributed by atoms with E-state index in [-0.39, 0.29) is 18.4 Å². The minimum atomic E-state index is -0.339. The smallest absolute Gasteiger partial charge is 0.262 e. The largest absolute Gasteiger partial charge is 0.483 e. The number of hydrogen-bond donors (Lipinski definition) is 1. The summed E-state index contributed by atoms with van der Waals surface area (Å²) in [6, 6.07) is 12.1. The summed E-state index contributed by atoms with van der Waals surface area (Å²) < 4.78 is 6.21. The summed E-state index contributed by atoms with van der Waals surface area (Å²) in [6.07, 6.45) is 2.01. The number of anilines is 1. The number of benzene rings is 2. The molecule has 2 aromatic carbocycles. The standard InChI is InChI=1S/C21H22BrClN2O3/c1-14-8-10-25(11-9-14)21(27)16-4-2-3-5-18(16)24-20(26)13-28-19-7-6-15(23)12-17(19)22/h2-7,12,14H,8-11,13H2,1H3,(H,24,26). The maximum atomic E-state index is 12.9. The summed E-state index contributed by atoms with van der Waals surface area (Å²) in [5.74, 6) is 0.771. The summed E-state index contributed by atoms with van der Waals surface area (Å²) in [5, 5.41) is 3.36. The molecule has 7 heteroatoms. The van der Waals surface area contributed by atoms with E-state index in [9.17, 15) is 9.59 Å². The van der Waals surface area contributed by atoms with Crippen LogP contribution in [0.4, 0.5) is 5.69 Å². The molecule has 5 nitrogen and oxygen atoms in total. The summed E-state index contributed by atoms with van der Waals surface area (Å²) >= 11 is 9.26. The molecule has 3 rings (SSSR count). The zero-order chi connectivity index (χ0) is 20.1. The second-order valence-electron chi connectivity index (χ2n) is 6.93. The number of piperidine rings is 1. The van der Waals surface area contributed by atoms with Gasteiger partial charge in [-0.3, -0.25) is 9.59 Å². The third-order valence-corrected chi connectivity index (χ3v) is 5.61. The molecular weight excluding hydrogens is 444 g/mol. The predicted octanol–water partition coefficient (Wildman–Crippen LogP) is 4.99. The van der Waals surface area contributed by atoms with Crippen molar-refractivity contribution >= 4 is 45.0 Å². The molecule has 0 unspecified atom stereocenters. The molecule has 0 saturated carbocycles. The van der Waals surface area contributed by atoms with Gasteiger partial charge >= 0.3 is 0 Å². The number of nitrogens with zero attached hydrogens (tertiary/aromatic N) is 1. The van der Waals surface area contributed by atoms with Gasteiger partial charge in [0.2, 0.25) is 0 Å². The van der Waals surface area contributed by atoms with Gasteiger partial charge in [-0.15, -0.1) is 0 Å². The summed E-state index contributed by atoms with van der Waals surface area (Å²) in [7, 11) is 0. The Hall–Kier alpha value is -2.05. The monoisotopic (exact) mass is 464 g/mol. The van der Waals surface area contributed by atoms with E-state index in [0.29, 0.717) is 32.4 Å².